The van der Waals surface area contributed by atoms with E-state index in [0.29, 0.717) is 31.9 Å². The van der Waals surface area contributed by atoms with Gasteiger partial charge in [0, 0.05) is 18.5 Å². The molecule has 0 aliphatic carbocycles. The van der Waals surface area contributed by atoms with Crippen LogP contribution < -0.4 is 10.1 Å². The van der Waals surface area contributed by atoms with Crippen molar-refractivity contribution in [3.8, 4) is 5.75 Å². The fourth-order valence-corrected chi connectivity index (χ4v) is 1.98. The predicted molar refractivity (Wildman–Crippen MR) is 79.8 cm³/mol. The maximum Gasteiger partial charge on any atom is 0.305 e. The number of rotatable bonds is 10. The van der Waals surface area contributed by atoms with Crippen molar-refractivity contribution in [3.63, 3.8) is 0 Å². The lowest BCUT2D eigenvalue weighted by atomic mass is 10.2. The van der Waals surface area contributed by atoms with E-state index in [-0.39, 0.29) is 11.8 Å². The summed E-state index contributed by atoms with van der Waals surface area (Å²) in [5.41, 5.74) is 0.809. The smallest absolute Gasteiger partial charge is 0.305 e. The standard InChI is InChI=1S/C16H24FNO3/c1-3-20-16(19)7-5-4-6-10-21-15-9-8-14(17)11-13(15)12-18-2/h8-9,11,18H,3-7,10,12H2,1-2H3. The zero-order chi connectivity index (χ0) is 15.5. The molecule has 21 heavy (non-hydrogen) atoms. The van der Waals surface area contributed by atoms with Crippen molar-refractivity contribution in [3.05, 3.63) is 29.6 Å². The average Bonchev–Trinajstić information content (AvgIpc) is 2.45. The van der Waals surface area contributed by atoms with Crippen LogP contribution in [-0.4, -0.2) is 26.2 Å². The van der Waals surface area contributed by atoms with Crippen LogP contribution in [0.25, 0.3) is 0 Å². The molecule has 0 aliphatic rings. The number of hydrogen-bond acceptors (Lipinski definition) is 4. The van der Waals surface area contributed by atoms with Gasteiger partial charge < -0.3 is 14.8 Å². The van der Waals surface area contributed by atoms with Crippen molar-refractivity contribution in [2.75, 3.05) is 20.3 Å². The summed E-state index contributed by atoms with van der Waals surface area (Å²) in [6, 6.07) is 4.53. The van der Waals surface area contributed by atoms with Crippen molar-refractivity contribution < 1.29 is 18.7 Å². The number of esters is 1. The van der Waals surface area contributed by atoms with Gasteiger partial charge in [0.25, 0.3) is 0 Å². The molecule has 0 heterocycles. The predicted octanol–water partition coefficient (Wildman–Crippen LogP) is 3.05. The Hall–Kier alpha value is -1.62. The molecule has 0 aliphatic heterocycles. The molecule has 0 saturated carbocycles. The molecule has 0 atom stereocenters. The van der Waals surface area contributed by atoms with Crippen LogP contribution in [-0.2, 0) is 16.1 Å². The van der Waals surface area contributed by atoms with E-state index < -0.39 is 0 Å². The Morgan fingerprint density at radius 2 is 2.10 bits per heavy atom. The first kappa shape index (κ1) is 17.4. The van der Waals surface area contributed by atoms with Crippen LogP contribution in [0.1, 0.15) is 38.2 Å². The SMILES string of the molecule is CCOC(=O)CCCCCOc1ccc(F)cc1CNC. The second kappa shape index (κ2) is 10.2. The number of benzene rings is 1. The van der Waals surface area contributed by atoms with E-state index in [4.69, 9.17) is 9.47 Å². The summed E-state index contributed by atoms with van der Waals surface area (Å²) in [6.07, 6.45) is 3.02. The van der Waals surface area contributed by atoms with Gasteiger partial charge in [-0.15, -0.1) is 0 Å². The molecule has 0 bridgehead atoms. The third kappa shape index (κ3) is 7.09. The number of halogens is 1. The van der Waals surface area contributed by atoms with Gasteiger partial charge in [0.1, 0.15) is 11.6 Å². The van der Waals surface area contributed by atoms with Gasteiger partial charge in [0.05, 0.1) is 13.2 Å². The van der Waals surface area contributed by atoms with E-state index in [9.17, 15) is 9.18 Å². The maximum atomic E-state index is 13.2. The number of carbonyl (C=O) groups is 1. The number of nitrogens with one attached hydrogen (secondary N) is 1. The topological polar surface area (TPSA) is 47.6 Å². The van der Waals surface area contributed by atoms with E-state index in [1.54, 1.807) is 13.0 Å². The monoisotopic (exact) mass is 297 g/mol. The van der Waals surface area contributed by atoms with Gasteiger partial charge in [-0.25, -0.2) is 4.39 Å². The van der Waals surface area contributed by atoms with Crippen molar-refractivity contribution in [2.24, 2.45) is 0 Å². The number of carbonyl (C=O) groups excluding carboxylic acids is 1. The van der Waals surface area contributed by atoms with Crippen molar-refractivity contribution in [1.29, 1.82) is 0 Å². The second-order valence-corrected chi connectivity index (χ2v) is 4.75. The third-order valence-corrected chi connectivity index (χ3v) is 2.98. The van der Waals surface area contributed by atoms with Crippen LogP contribution in [0.4, 0.5) is 4.39 Å². The second-order valence-electron chi connectivity index (χ2n) is 4.75. The minimum Gasteiger partial charge on any atom is -0.493 e. The van der Waals surface area contributed by atoms with Crippen LogP contribution in [0.2, 0.25) is 0 Å². The molecule has 0 radical (unpaired) electrons. The Bertz CT molecular complexity index is 438. The average molecular weight is 297 g/mol. The van der Waals surface area contributed by atoms with Gasteiger partial charge in [0.15, 0.2) is 0 Å². The van der Waals surface area contributed by atoms with Gasteiger partial charge in [0.2, 0.25) is 0 Å². The van der Waals surface area contributed by atoms with E-state index in [2.05, 4.69) is 5.32 Å². The molecule has 0 aromatic heterocycles. The molecular formula is C16H24FNO3. The van der Waals surface area contributed by atoms with E-state index in [1.807, 2.05) is 7.05 Å². The first-order chi connectivity index (χ1) is 10.2. The lowest BCUT2D eigenvalue weighted by Gasteiger charge is -2.11. The van der Waals surface area contributed by atoms with E-state index in [0.717, 1.165) is 24.8 Å². The normalized spacial score (nSPS) is 10.4. The molecule has 5 heteroatoms. The summed E-state index contributed by atoms with van der Waals surface area (Å²) in [5, 5.41) is 2.99. The van der Waals surface area contributed by atoms with Gasteiger partial charge in [-0.1, -0.05) is 0 Å². The minimum atomic E-state index is -0.262. The number of unbranched alkanes of at least 4 members (excludes halogenated alkanes) is 2. The molecule has 0 amide bonds. The molecule has 118 valence electrons. The fraction of sp³-hybridized carbons (Fsp3) is 0.562. The molecule has 4 nitrogen and oxygen atoms in total. The molecule has 0 fully saturated rings. The van der Waals surface area contributed by atoms with Gasteiger partial charge in [-0.05, 0) is 51.4 Å². The fourth-order valence-electron chi connectivity index (χ4n) is 1.98. The van der Waals surface area contributed by atoms with Gasteiger partial charge in [-0.2, -0.15) is 0 Å². The summed E-state index contributed by atoms with van der Waals surface area (Å²) < 4.78 is 23.7. The van der Waals surface area contributed by atoms with Gasteiger partial charge in [-0.3, -0.25) is 4.79 Å². The van der Waals surface area contributed by atoms with Crippen LogP contribution in [0, 0.1) is 5.82 Å². The first-order valence-corrected chi connectivity index (χ1v) is 7.38. The Kier molecular flexibility index (Phi) is 8.43. The molecule has 0 spiro atoms. The third-order valence-electron chi connectivity index (χ3n) is 2.98. The summed E-state index contributed by atoms with van der Waals surface area (Å²) >= 11 is 0. The number of hydrogen-bond donors (Lipinski definition) is 1. The van der Waals surface area contributed by atoms with Gasteiger partial charge >= 0.3 is 5.97 Å². The Balaban J connectivity index is 2.25. The lowest BCUT2D eigenvalue weighted by molar-refractivity contribution is -0.143. The highest BCUT2D eigenvalue weighted by Gasteiger charge is 2.05. The zero-order valence-electron chi connectivity index (χ0n) is 12.8. The largest absolute Gasteiger partial charge is 0.493 e. The molecule has 0 unspecified atom stereocenters. The Morgan fingerprint density at radius 1 is 1.29 bits per heavy atom. The molecule has 1 N–H and O–H groups in total. The maximum absolute atomic E-state index is 13.2. The minimum absolute atomic E-state index is 0.145. The Morgan fingerprint density at radius 3 is 2.81 bits per heavy atom. The number of ether oxygens (including phenoxy) is 2. The molecular weight excluding hydrogens is 273 g/mol. The molecule has 0 saturated heterocycles. The first-order valence-electron chi connectivity index (χ1n) is 7.38. The molecule has 1 aromatic rings. The molecule has 1 aromatic carbocycles. The van der Waals surface area contributed by atoms with Crippen LogP contribution in [0.3, 0.4) is 0 Å². The molecule has 1 rings (SSSR count). The summed E-state index contributed by atoms with van der Waals surface area (Å²) in [7, 11) is 1.81. The van der Waals surface area contributed by atoms with Crippen molar-refractivity contribution in [1.82, 2.24) is 5.32 Å². The summed E-state index contributed by atoms with van der Waals surface area (Å²) in [4.78, 5) is 11.1. The highest BCUT2D eigenvalue weighted by atomic mass is 19.1. The zero-order valence-corrected chi connectivity index (χ0v) is 12.8. The van der Waals surface area contributed by atoms with Crippen LogP contribution >= 0.6 is 0 Å². The quantitative estimate of drug-likeness (QED) is 0.532. The Labute approximate surface area is 125 Å². The van der Waals surface area contributed by atoms with E-state index >= 15 is 0 Å². The van der Waals surface area contributed by atoms with Crippen molar-refractivity contribution >= 4 is 5.97 Å². The van der Waals surface area contributed by atoms with E-state index in [1.165, 1.54) is 12.1 Å². The highest BCUT2D eigenvalue weighted by molar-refractivity contribution is 5.69. The van der Waals surface area contributed by atoms with Crippen molar-refractivity contribution in [2.45, 2.75) is 39.2 Å². The summed E-state index contributed by atoms with van der Waals surface area (Å²) in [5.74, 6) is 0.298. The lowest BCUT2D eigenvalue weighted by Crippen LogP contribution is -2.08. The van der Waals surface area contributed by atoms with Crippen LogP contribution in [0.5, 0.6) is 5.75 Å². The summed E-state index contributed by atoms with van der Waals surface area (Å²) in [6.45, 7) is 3.36. The highest BCUT2D eigenvalue weighted by Crippen LogP contribution is 2.20. The van der Waals surface area contributed by atoms with Crippen LogP contribution in [0.15, 0.2) is 18.2 Å².